The first kappa shape index (κ1) is 25.5. The molecule has 11 heteroatoms. The van der Waals surface area contributed by atoms with E-state index in [0.29, 0.717) is 29.8 Å². The van der Waals surface area contributed by atoms with Crippen molar-refractivity contribution in [2.45, 2.75) is 13.0 Å². The van der Waals surface area contributed by atoms with Gasteiger partial charge < -0.3 is 19.9 Å². The van der Waals surface area contributed by atoms with Crippen LogP contribution in [-0.2, 0) is 13.0 Å². The largest absolute Gasteiger partial charge is 0.454 e. The highest BCUT2D eigenvalue weighted by molar-refractivity contribution is 6.37. The van der Waals surface area contributed by atoms with E-state index in [1.54, 1.807) is 18.3 Å². The van der Waals surface area contributed by atoms with Gasteiger partial charge >= 0.3 is 6.03 Å². The second-order valence-corrected chi connectivity index (χ2v) is 10.1. The predicted molar refractivity (Wildman–Crippen MR) is 153 cm³/mol. The van der Waals surface area contributed by atoms with E-state index in [-0.39, 0.29) is 38.8 Å². The fraction of sp³-hybridized carbons (Fsp3) is 0.103. The number of nitrogens with one attached hydrogen (secondary N) is 2. The molecule has 2 aliphatic rings. The summed E-state index contributed by atoms with van der Waals surface area (Å²) in [7, 11) is 0. The quantitative estimate of drug-likeness (QED) is 0.296. The number of rotatable bonds is 4. The summed E-state index contributed by atoms with van der Waals surface area (Å²) in [4.78, 5) is 30.9. The highest BCUT2D eigenvalue weighted by Gasteiger charge is 2.27. The van der Waals surface area contributed by atoms with Gasteiger partial charge in [-0.2, -0.15) is 15.4 Å². The molecule has 0 fully saturated rings. The van der Waals surface area contributed by atoms with Crippen molar-refractivity contribution in [3.05, 3.63) is 99.8 Å². The first-order valence-electron chi connectivity index (χ1n) is 12.3. The number of carbonyl (C=O) groups is 2. The van der Waals surface area contributed by atoms with E-state index in [1.165, 1.54) is 17.7 Å². The SMILES string of the molecule is C=C1NC(=O)N(c2cc(Cl)c(Oc3ccc4[nH]cc(C(=O)N5CCc6ccccc6C5)c4c3)c(Cl)c2)N=C1C#N. The minimum atomic E-state index is -0.614. The maximum absolute atomic E-state index is 13.5. The van der Waals surface area contributed by atoms with Crippen molar-refractivity contribution in [2.75, 3.05) is 11.6 Å². The minimum absolute atomic E-state index is 0.0499. The third kappa shape index (κ3) is 4.53. The van der Waals surface area contributed by atoms with Gasteiger partial charge in [-0.25, -0.2) is 4.79 Å². The lowest BCUT2D eigenvalue weighted by atomic mass is 9.99. The Morgan fingerprint density at radius 1 is 1.10 bits per heavy atom. The third-order valence-corrected chi connectivity index (χ3v) is 7.35. The number of nitriles is 1. The summed E-state index contributed by atoms with van der Waals surface area (Å²) in [6.07, 6.45) is 2.52. The minimum Gasteiger partial charge on any atom is -0.454 e. The second kappa shape index (κ2) is 10.1. The summed E-state index contributed by atoms with van der Waals surface area (Å²) < 4.78 is 6.05. The molecule has 0 bridgehead atoms. The number of aromatic amines is 1. The maximum atomic E-state index is 13.5. The molecule has 0 unspecified atom stereocenters. The molecule has 0 atom stereocenters. The lowest BCUT2D eigenvalue weighted by Crippen LogP contribution is -2.42. The predicted octanol–water partition coefficient (Wildman–Crippen LogP) is 6.39. The van der Waals surface area contributed by atoms with Crippen molar-refractivity contribution in [1.29, 1.82) is 5.26 Å². The van der Waals surface area contributed by atoms with Crippen LogP contribution in [-0.4, -0.2) is 34.1 Å². The molecule has 198 valence electrons. The summed E-state index contributed by atoms with van der Waals surface area (Å²) in [6.45, 7) is 4.79. The first-order valence-corrected chi connectivity index (χ1v) is 13.0. The summed E-state index contributed by atoms with van der Waals surface area (Å²) in [5, 5.41) is 17.6. The standard InChI is InChI=1S/C29H20Cl2N6O3/c1-16-26(13-32)35-37(29(39)34-16)19-10-23(30)27(24(31)11-19)40-20-6-7-25-21(12-20)22(14-33-25)28(38)36-9-8-17-4-2-3-5-18(17)15-36/h2-7,10-12,14,33H,1,8-9,15H2,(H,34,39). The third-order valence-electron chi connectivity index (χ3n) is 6.79. The van der Waals surface area contributed by atoms with E-state index in [9.17, 15) is 14.9 Å². The summed E-state index contributed by atoms with van der Waals surface area (Å²) in [6, 6.07) is 17.6. The van der Waals surface area contributed by atoms with Crippen LogP contribution in [0.2, 0.25) is 10.0 Å². The van der Waals surface area contributed by atoms with Crippen molar-refractivity contribution in [1.82, 2.24) is 15.2 Å². The number of hydrogen-bond donors (Lipinski definition) is 2. The second-order valence-electron chi connectivity index (χ2n) is 9.28. The van der Waals surface area contributed by atoms with Crippen molar-refractivity contribution in [3.8, 4) is 17.6 Å². The average Bonchev–Trinajstić information content (AvgIpc) is 3.37. The molecule has 3 amide bonds. The van der Waals surface area contributed by atoms with E-state index in [0.717, 1.165) is 22.5 Å². The number of hydrazone groups is 1. The molecule has 0 saturated carbocycles. The lowest BCUT2D eigenvalue weighted by Gasteiger charge is -2.28. The van der Waals surface area contributed by atoms with Crippen LogP contribution in [0.1, 0.15) is 21.5 Å². The van der Waals surface area contributed by atoms with Gasteiger partial charge in [-0.05, 0) is 47.9 Å². The maximum Gasteiger partial charge on any atom is 0.347 e. The number of nitrogens with zero attached hydrogens (tertiary/aromatic N) is 4. The number of ether oxygens (including phenoxy) is 1. The molecule has 0 aliphatic carbocycles. The van der Waals surface area contributed by atoms with Gasteiger partial charge in [0.2, 0.25) is 0 Å². The molecule has 6 rings (SSSR count). The summed E-state index contributed by atoms with van der Waals surface area (Å²) >= 11 is 13.0. The number of benzene rings is 3. The Morgan fingerprint density at radius 2 is 1.85 bits per heavy atom. The Labute approximate surface area is 238 Å². The number of anilines is 1. The van der Waals surface area contributed by atoms with Gasteiger partial charge in [0.05, 0.1) is 27.0 Å². The molecule has 40 heavy (non-hydrogen) atoms. The molecule has 4 aromatic rings. The summed E-state index contributed by atoms with van der Waals surface area (Å²) in [5.41, 5.74) is 4.03. The smallest absolute Gasteiger partial charge is 0.347 e. The van der Waals surface area contributed by atoms with Gasteiger partial charge in [0, 0.05) is 30.2 Å². The van der Waals surface area contributed by atoms with Crippen LogP contribution in [0.5, 0.6) is 11.5 Å². The zero-order chi connectivity index (χ0) is 28.0. The highest BCUT2D eigenvalue weighted by atomic mass is 35.5. The number of fused-ring (bicyclic) bond motifs is 2. The average molecular weight is 571 g/mol. The molecule has 0 radical (unpaired) electrons. The monoisotopic (exact) mass is 570 g/mol. The number of allylic oxidation sites excluding steroid dienone is 1. The van der Waals surface area contributed by atoms with Crippen LogP contribution in [0.25, 0.3) is 10.9 Å². The van der Waals surface area contributed by atoms with E-state index in [4.69, 9.17) is 27.9 Å². The van der Waals surface area contributed by atoms with Gasteiger partial charge in [-0.15, -0.1) is 0 Å². The Hall–Kier alpha value is -4.78. The van der Waals surface area contributed by atoms with E-state index >= 15 is 0 Å². The van der Waals surface area contributed by atoms with Crippen molar-refractivity contribution in [2.24, 2.45) is 5.10 Å². The normalized spacial score (nSPS) is 14.9. The lowest BCUT2D eigenvalue weighted by molar-refractivity contribution is 0.0736. The molecule has 9 nitrogen and oxygen atoms in total. The summed E-state index contributed by atoms with van der Waals surface area (Å²) in [5.74, 6) is 0.505. The van der Waals surface area contributed by atoms with Gasteiger partial charge in [-0.3, -0.25) is 4.79 Å². The van der Waals surface area contributed by atoms with Crippen LogP contribution >= 0.6 is 23.2 Å². The Balaban J connectivity index is 1.27. The number of halogens is 2. The van der Waals surface area contributed by atoms with E-state index in [2.05, 4.69) is 34.1 Å². The Bertz CT molecular complexity index is 1780. The molecular weight excluding hydrogens is 551 g/mol. The highest BCUT2D eigenvalue weighted by Crippen LogP contribution is 2.41. The van der Waals surface area contributed by atoms with Crippen LogP contribution in [0.4, 0.5) is 10.5 Å². The fourth-order valence-corrected chi connectivity index (χ4v) is 5.33. The van der Waals surface area contributed by atoms with Gasteiger partial charge in [-0.1, -0.05) is 54.0 Å². The molecule has 3 aromatic carbocycles. The molecular formula is C29H20Cl2N6O3. The van der Waals surface area contributed by atoms with Crippen molar-refractivity contribution >= 4 is 57.4 Å². The van der Waals surface area contributed by atoms with Crippen LogP contribution in [0.3, 0.4) is 0 Å². The number of amides is 3. The van der Waals surface area contributed by atoms with E-state index < -0.39 is 6.03 Å². The molecule has 2 aliphatic heterocycles. The molecule has 0 spiro atoms. The molecule has 3 heterocycles. The molecule has 0 saturated heterocycles. The van der Waals surface area contributed by atoms with Gasteiger partial charge in [0.1, 0.15) is 11.8 Å². The molecule has 2 N–H and O–H groups in total. The molecule has 1 aromatic heterocycles. The number of urea groups is 1. The van der Waals surface area contributed by atoms with Gasteiger partial charge in [0.25, 0.3) is 5.91 Å². The number of hydrogen-bond acceptors (Lipinski definition) is 5. The fourth-order valence-electron chi connectivity index (χ4n) is 4.78. The van der Waals surface area contributed by atoms with Crippen molar-refractivity contribution in [3.63, 3.8) is 0 Å². The van der Waals surface area contributed by atoms with Crippen LogP contribution in [0.15, 0.2) is 78.2 Å². The zero-order valence-electron chi connectivity index (χ0n) is 20.9. The van der Waals surface area contributed by atoms with Crippen molar-refractivity contribution < 1.29 is 14.3 Å². The van der Waals surface area contributed by atoms with Crippen LogP contribution in [0, 0.1) is 11.3 Å². The van der Waals surface area contributed by atoms with E-state index in [1.807, 2.05) is 29.2 Å². The van der Waals surface area contributed by atoms with Crippen LogP contribution < -0.4 is 15.1 Å². The number of carbonyl (C=O) groups excluding carboxylic acids is 2. The van der Waals surface area contributed by atoms with Gasteiger partial charge in [0.15, 0.2) is 11.5 Å². The topological polar surface area (TPSA) is 114 Å². The Kier molecular flexibility index (Phi) is 6.42. The number of H-pyrrole nitrogens is 1. The number of aromatic nitrogens is 1. The Morgan fingerprint density at radius 3 is 2.60 bits per heavy atom. The zero-order valence-corrected chi connectivity index (χ0v) is 22.4. The first-order chi connectivity index (χ1) is 19.3.